The first-order valence-corrected chi connectivity index (χ1v) is 8.65. The number of nitrogens with zero attached hydrogens (tertiary/aromatic N) is 3. The number of aromatic nitrogens is 3. The van der Waals surface area contributed by atoms with E-state index in [0.717, 1.165) is 6.33 Å². The molecule has 0 atom stereocenters. The monoisotopic (exact) mass is 403 g/mol. The highest BCUT2D eigenvalue weighted by atomic mass is 35.6. The highest BCUT2D eigenvalue weighted by molar-refractivity contribution is 6.66. The highest BCUT2D eigenvalue weighted by Crippen LogP contribution is 2.35. The second kappa shape index (κ2) is 8.65. The molecule has 0 saturated heterocycles. The summed E-state index contributed by atoms with van der Waals surface area (Å²) in [6.07, 6.45) is 1.18. The minimum absolute atomic E-state index is 0.0459. The number of carbonyl (C=O) groups excluding carboxylic acids is 1. The zero-order valence-electron chi connectivity index (χ0n) is 13.6. The van der Waals surface area contributed by atoms with Gasteiger partial charge in [-0.1, -0.05) is 34.8 Å². The van der Waals surface area contributed by atoms with Gasteiger partial charge in [-0.15, -0.1) is 0 Å². The van der Waals surface area contributed by atoms with E-state index in [1.54, 1.807) is 18.2 Å². The van der Waals surface area contributed by atoms with Crippen molar-refractivity contribution >= 4 is 40.6 Å². The van der Waals surface area contributed by atoms with Crippen LogP contribution >= 0.6 is 34.8 Å². The van der Waals surface area contributed by atoms with E-state index in [4.69, 9.17) is 44.3 Å². The molecule has 2 aromatic rings. The predicted octanol–water partition coefficient (Wildman–Crippen LogP) is 3.92. The van der Waals surface area contributed by atoms with Gasteiger partial charge in [0.05, 0.1) is 13.2 Å². The van der Waals surface area contributed by atoms with Crippen molar-refractivity contribution in [1.29, 1.82) is 0 Å². The molecule has 0 bridgehead atoms. The Morgan fingerprint density at radius 3 is 2.16 bits per heavy atom. The van der Waals surface area contributed by atoms with Crippen LogP contribution in [-0.2, 0) is 10.2 Å². The standard InChI is InChI=1S/C16H16Cl3N3O3/c1-3-24-11-5-10(6-12(8-11)25-4-2)7-13(23)14-20-9-21-15(22-14)16(17,18)19/h5-6,8-9H,3-4,7H2,1-2H3. The van der Waals surface area contributed by atoms with Gasteiger partial charge in [0.25, 0.3) is 0 Å². The molecule has 0 spiro atoms. The summed E-state index contributed by atoms with van der Waals surface area (Å²) in [5, 5.41) is 0. The molecule has 0 amide bonds. The number of halogens is 3. The number of rotatable bonds is 7. The summed E-state index contributed by atoms with van der Waals surface area (Å²) in [4.78, 5) is 24.0. The van der Waals surface area contributed by atoms with E-state index < -0.39 is 3.79 Å². The lowest BCUT2D eigenvalue weighted by Gasteiger charge is -2.11. The number of alkyl halides is 3. The van der Waals surface area contributed by atoms with Gasteiger partial charge in [-0.3, -0.25) is 4.79 Å². The summed E-state index contributed by atoms with van der Waals surface area (Å²) < 4.78 is 9.17. The maximum absolute atomic E-state index is 12.5. The maximum atomic E-state index is 12.5. The molecule has 0 unspecified atom stereocenters. The second-order valence-electron chi connectivity index (χ2n) is 4.91. The molecule has 0 N–H and O–H groups in total. The molecule has 0 saturated carbocycles. The lowest BCUT2D eigenvalue weighted by atomic mass is 10.1. The van der Waals surface area contributed by atoms with E-state index in [2.05, 4.69) is 15.0 Å². The molecular formula is C16H16Cl3N3O3. The van der Waals surface area contributed by atoms with Gasteiger partial charge >= 0.3 is 0 Å². The van der Waals surface area contributed by atoms with Gasteiger partial charge in [-0.25, -0.2) is 15.0 Å². The largest absolute Gasteiger partial charge is 0.494 e. The Balaban J connectivity index is 2.25. The van der Waals surface area contributed by atoms with Gasteiger partial charge in [0.2, 0.25) is 9.58 Å². The maximum Gasteiger partial charge on any atom is 0.250 e. The third kappa shape index (κ3) is 5.70. The molecular weight excluding hydrogens is 389 g/mol. The first-order valence-electron chi connectivity index (χ1n) is 7.52. The lowest BCUT2D eigenvalue weighted by Crippen LogP contribution is -2.15. The van der Waals surface area contributed by atoms with Crippen molar-refractivity contribution in [3.05, 3.63) is 41.7 Å². The summed E-state index contributed by atoms with van der Waals surface area (Å²) in [7, 11) is 0. The quantitative estimate of drug-likeness (QED) is 0.514. The number of benzene rings is 1. The van der Waals surface area contributed by atoms with Crippen molar-refractivity contribution < 1.29 is 14.3 Å². The fourth-order valence-corrected chi connectivity index (χ4v) is 2.34. The Morgan fingerprint density at radius 2 is 1.64 bits per heavy atom. The first-order chi connectivity index (χ1) is 11.8. The van der Waals surface area contributed by atoms with Crippen LogP contribution in [0.1, 0.15) is 35.9 Å². The van der Waals surface area contributed by atoms with Crippen LogP contribution in [0.4, 0.5) is 0 Å². The number of Topliss-reactive ketones (excluding diaryl/α,β-unsaturated/α-hetero) is 1. The van der Waals surface area contributed by atoms with Crippen molar-refractivity contribution in [2.75, 3.05) is 13.2 Å². The summed E-state index contributed by atoms with van der Waals surface area (Å²) >= 11 is 17.2. The van der Waals surface area contributed by atoms with Gasteiger partial charge < -0.3 is 9.47 Å². The zero-order chi connectivity index (χ0) is 18.4. The Kier molecular flexibility index (Phi) is 6.81. The minimum Gasteiger partial charge on any atom is -0.494 e. The minimum atomic E-state index is -1.82. The molecule has 2 rings (SSSR count). The number of hydrogen-bond donors (Lipinski definition) is 0. The van der Waals surface area contributed by atoms with Crippen molar-refractivity contribution in [3.8, 4) is 11.5 Å². The molecule has 0 aliphatic heterocycles. The number of hydrogen-bond acceptors (Lipinski definition) is 6. The van der Waals surface area contributed by atoms with E-state index >= 15 is 0 Å². The molecule has 6 nitrogen and oxygen atoms in total. The van der Waals surface area contributed by atoms with E-state index in [1.165, 1.54) is 0 Å². The Morgan fingerprint density at radius 1 is 1.04 bits per heavy atom. The fourth-order valence-electron chi connectivity index (χ4n) is 2.06. The normalized spacial score (nSPS) is 11.2. The van der Waals surface area contributed by atoms with E-state index in [1.807, 2.05) is 13.8 Å². The van der Waals surface area contributed by atoms with Crippen molar-refractivity contribution in [2.45, 2.75) is 24.1 Å². The average Bonchev–Trinajstić information content (AvgIpc) is 2.54. The number of carbonyl (C=O) groups is 1. The van der Waals surface area contributed by atoms with Gasteiger partial charge in [-0.2, -0.15) is 0 Å². The molecule has 0 radical (unpaired) electrons. The summed E-state index contributed by atoms with van der Waals surface area (Å²) in [6.45, 7) is 4.76. The van der Waals surface area contributed by atoms with Gasteiger partial charge in [0.1, 0.15) is 17.8 Å². The molecule has 1 heterocycles. The second-order valence-corrected chi connectivity index (χ2v) is 7.19. The van der Waals surface area contributed by atoms with Gasteiger partial charge in [0, 0.05) is 12.5 Å². The van der Waals surface area contributed by atoms with Gasteiger partial charge in [-0.05, 0) is 31.5 Å². The SMILES string of the molecule is CCOc1cc(CC(=O)c2ncnc(C(Cl)(Cl)Cl)n2)cc(OCC)c1. The third-order valence-electron chi connectivity index (χ3n) is 3.00. The van der Waals surface area contributed by atoms with Gasteiger partial charge in [0.15, 0.2) is 11.6 Å². The van der Waals surface area contributed by atoms with Crippen LogP contribution in [-0.4, -0.2) is 33.9 Å². The van der Waals surface area contributed by atoms with Crippen LogP contribution in [0, 0.1) is 0 Å². The Labute approximate surface area is 160 Å². The van der Waals surface area contributed by atoms with Crippen LogP contribution < -0.4 is 9.47 Å². The molecule has 1 aromatic carbocycles. The molecule has 0 fully saturated rings. The molecule has 25 heavy (non-hydrogen) atoms. The number of ether oxygens (including phenoxy) is 2. The Bertz CT molecular complexity index is 727. The van der Waals surface area contributed by atoms with Crippen LogP contribution in [0.2, 0.25) is 0 Å². The summed E-state index contributed by atoms with van der Waals surface area (Å²) in [6, 6.07) is 5.30. The molecule has 1 aromatic heterocycles. The molecule has 0 aliphatic carbocycles. The van der Waals surface area contributed by atoms with Crippen LogP contribution in [0.5, 0.6) is 11.5 Å². The molecule has 0 aliphatic rings. The van der Waals surface area contributed by atoms with Crippen LogP contribution in [0.15, 0.2) is 24.5 Å². The zero-order valence-corrected chi connectivity index (χ0v) is 15.9. The van der Waals surface area contributed by atoms with E-state index in [-0.39, 0.29) is 23.9 Å². The fraction of sp³-hybridized carbons (Fsp3) is 0.375. The lowest BCUT2D eigenvalue weighted by molar-refractivity contribution is 0.0982. The molecule has 9 heteroatoms. The topological polar surface area (TPSA) is 74.2 Å². The Hall–Kier alpha value is -1.63. The average molecular weight is 405 g/mol. The predicted molar refractivity (Wildman–Crippen MR) is 95.9 cm³/mol. The highest BCUT2D eigenvalue weighted by Gasteiger charge is 2.28. The van der Waals surface area contributed by atoms with Crippen LogP contribution in [0.3, 0.4) is 0 Å². The summed E-state index contributed by atoms with van der Waals surface area (Å²) in [5.74, 6) is 0.724. The smallest absolute Gasteiger partial charge is 0.250 e. The van der Waals surface area contributed by atoms with Crippen molar-refractivity contribution in [1.82, 2.24) is 15.0 Å². The van der Waals surface area contributed by atoms with Crippen molar-refractivity contribution in [3.63, 3.8) is 0 Å². The summed E-state index contributed by atoms with van der Waals surface area (Å²) in [5.41, 5.74) is 0.704. The third-order valence-corrected chi connectivity index (χ3v) is 3.51. The number of ketones is 1. The van der Waals surface area contributed by atoms with E-state index in [0.29, 0.717) is 30.3 Å². The van der Waals surface area contributed by atoms with Crippen LogP contribution in [0.25, 0.3) is 0 Å². The first kappa shape index (κ1) is 19.7. The van der Waals surface area contributed by atoms with E-state index in [9.17, 15) is 4.79 Å². The van der Waals surface area contributed by atoms with Crippen molar-refractivity contribution in [2.24, 2.45) is 0 Å². The molecule has 134 valence electrons.